The Morgan fingerprint density at radius 2 is 2.38 bits per heavy atom. The summed E-state index contributed by atoms with van der Waals surface area (Å²) in [6.07, 6.45) is 0.867. The Bertz CT molecular complexity index is 143. The maximum absolute atomic E-state index is 10.1. The van der Waals surface area contributed by atoms with Crippen LogP contribution in [0, 0.1) is 0 Å². The molecular formula is C4H3NO3. The van der Waals surface area contributed by atoms with E-state index in [9.17, 15) is 9.59 Å². The van der Waals surface area contributed by atoms with Crippen LogP contribution in [0.25, 0.3) is 0 Å². The quantitative estimate of drug-likeness (QED) is 0.384. The number of hydrogen-bond donors (Lipinski definition) is 0. The van der Waals surface area contributed by atoms with Crippen LogP contribution in [0.4, 0.5) is 0 Å². The number of amides is 1. The lowest BCUT2D eigenvalue weighted by Gasteiger charge is -2.00. The summed E-state index contributed by atoms with van der Waals surface area (Å²) in [5.74, 6) is -0.964. The van der Waals surface area contributed by atoms with Gasteiger partial charge in [0.15, 0.2) is 6.61 Å². The molecule has 0 unspecified atom stereocenters. The van der Waals surface area contributed by atoms with Crippen molar-refractivity contribution < 1.29 is 14.3 Å². The van der Waals surface area contributed by atoms with Gasteiger partial charge >= 0.3 is 5.97 Å². The molecule has 8 heavy (non-hydrogen) atoms. The Morgan fingerprint density at radius 1 is 1.62 bits per heavy atom. The first-order valence-corrected chi connectivity index (χ1v) is 2.03. The molecule has 1 rings (SSSR count). The Morgan fingerprint density at radius 3 is 2.75 bits per heavy atom. The van der Waals surface area contributed by atoms with Gasteiger partial charge in [-0.05, 0) is 0 Å². The molecule has 1 aliphatic heterocycles. The molecule has 0 aromatic rings. The number of aliphatic imine (C=N–C) groups is 1. The summed E-state index contributed by atoms with van der Waals surface area (Å²) >= 11 is 0. The normalized spacial score (nSPS) is 18.5. The molecule has 0 aromatic carbocycles. The van der Waals surface area contributed by atoms with Gasteiger partial charge in [-0.3, -0.25) is 4.79 Å². The molecule has 0 atom stereocenters. The van der Waals surface area contributed by atoms with Crippen LogP contribution in [-0.2, 0) is 14.3 Å². The fourth-order valence-corrected chi connectivity index (χ4v) is 0.332. The minimum absolute atomic E-state index is 0.213. The van der Waals surface area contributed by atoms with Crippen LogP contribution in [0.15, 0.2) is 4.99 Å². The van der Waals surface area contributed by atoms with E-state index in [1.54, 1.807) is 0 Å². The SMILES string of the molecule is O=C1COC(=O)C=N1. The Labute approximate surface area is 45.2 Å². The highest BCUT2D eigenvalue weighted by atomic mass is 16.5. The number of carbonyl (C=O) groups excluding carboxylic acids is 2. The lowest BCUT2D eigenvalue weighted by molar-refractivity contribution is -0.142. The van der Waals surface area contributed by atoms with Gasteiger partial charge in [-0.2, -0.15) is 0 Å². The summed E-state index contributed by atoms with van der Waals surface area (Å²) in [6, 6.07) is 0. The number of esters is 1. The second kappa shape index (κ2) is 1.73. The predicted molar refractivity (Wildman–Crippen MR) is 24.5 cm³/mol. The average Bonchev–Trinajstić information content (AvgIpc) is 1.77. The molecule has 4 nitrogen and oxygen atoms in total. The summed E-state index contributed by atoms with van der Waals surface area (Å²) < 4.78 is 4.25. The predicted octanol–water partition coefficient (Wildman–Crippen LogP) is -0.859. The van der Waals surface area contributed by atoms with Crippen molar-refractivity contribution in [2.45, 2.75) is 0 Å². The van der Waals surface area contributed by atoms with E-state index in [4.69, 9.17) is 0 Å². The van der Waals surface area contributed by atoms with Gasteiger partial charge in [-0.25, -0.2) is 9.79 Å². The fourth-order valence-electron chi connectivity index (χ4n) is 0.332. The first-order valence-electron chi connectivity index (χ1n) is 2.03. The zero-order chi connectivity index (χ0) is 5.98. The van der Waals surface area contributed by atoms with E-state index < -0.39 is 11.9 Å². The maximum Gasteiger partial charge on any atom is 0.350 e. The summed E-state index contributed by atoms with van der Waals surface area (Å²) in [4.78, 5) is 23.4. The van der Waals surface area contributed by atoms with E-state index in [1.807, 2.05) is 0 Å². The van der Waals surface area contributed by atoms with Crippen LogP contribution >= 0.6 is 0 Å². The van der Waals surface area contributed by atoms with E-state index >= 15 is 0 Å². The Balaban J connectivity index is 2.68. The molecule has 1 amide bonds. The van der Waals surface area contributed by atoms with Gasteiger partial charge in [-0.1, -0.05) is 0 Å². The Hall–Kier alpha value is -1.19. The number of carbonyl (C=O) groups is 2. The van der Waals surface area contributed by atoms with Crippen molar-refractivity contribution in [1.29, 1.82) is 0 Å². The highest BCUT2D eigenvalue weighted by molar-refractivity contribution is 6.27. The smallest absolute Gasteiger partial charge is 0.350 e. The van der Waals surface area contributed by atoms with Crippen molar-refractivity contribution in [1.82, 2.24) is 0 Å². The first-order chi connectivity index (χ1) is 3.79. The number of hydrogen-bond acceptors (Lipinski definition) is 3. The van der Waals surface area contributed by atoms with Crippen molar-refractivity contribution in [3.8, 4) is 0 Å². The minimum atomic E-state index is -0.551. The van der Waals surface area contributed by atoms with Gasteiger partial charge in [0.2, 0.25) is 0 Å². The van der Waals surface area contributed by atoms with Crippen LogP contribution in [-0.4, -0.2) is 24.7 Å². The van der Waals surface area contributed by atoms with Crippen LogP contribution in [0.5, 0.6) is 0 Å². The molecule has 0 spiro atoms. The van der Waals surface area contributed by atoms with Crippen molar-refractivity contribution in [3.05, 3.63) is 0 Å². The van der Waals surface area contributed by atoms with Crippen LogP contribution in [0.3, 0.4) is 0 Å². The molecule has 42 valence electrons. The summed E-state index contributed by atoms with van der Waals surface area (Å²) in [5, 5.41) is 0. The number of cyclic esters (lactones) is 1. The number of rotatable bonds is 0. The van der Waals surface area contributed by atoms with Crippen molar-refractivity contribution in [3.63, 3.8) is 0 Å². The third-order valence-corrected chi connectivity index (χ3v) is 0.652. The molecule has 0 bridgehead atoms. The van der Waals surface area contributed by atoms with Crippen LogP contribution in [0.2, 0.25) is 0 Å². The van der Waals surface area contributed by atoms with E-state index in [-0.39, 0.29) is 6.61 Å². The monoisotopic (exact) mass is 113 g/mol. The standard InChI is InChI=1S/C4H3NO3/c6-3-2-8-4(7)1-5-3/h1H,2H2. The molecular weight excluding hydrogens is 110 g/mol. The second-order valence-electron chi connectivity index (χ2n) is 1.26. The summed E-state index contributed by atoms with van der Waals surface area (Å²) in [6.45, 7) is -0.213. The lowest BCUT2D eigenvalue weighted by atomic mass is 10.6. The molecule has 1 aliphatic rings. The van der Waals surface area contributed by atoms with Crippen molar-refractivity contribution in [2.24, 2.45) is 4.99 Å². The molecule has 0 aromatic heterocycles. The average molecular weight is 113 g/mol. The van der Waals surface area contributed by atoms with E-state index in [0.29, 0.717) is 0 Å². The van der Waals surface area contributed by atoms with Crippen molar-refractivity contribution >= 4 is 18.1 Å². The number of ether oxygens (including phenoxy) is 1. The lowest BCUT2D eigenvalue weighted by Crippen LogP contribution is -2.19. The Kier molecular flexibility index (Phi) is 1.07. The van der Waals surface area contributed by atoms with Gasteiger partial charge in [0.25, 0.3) is 5.91 Å². The minimum Gasteiger partial charge on any atom is -0.451 e. The topological polar surface area (TPSA) is 55.7 Å². The summed E-state index contributed by atoms with van der Waals surface area (Å²) in [7, 11) is 0. The third kappa shape index (κ3) is 0.900. The van der Waals surface area contributed by atoms with Crippen LogP contribution in [0.1, 0.15) is 0 Å². The molecule has 4 heteroatoms. The summed E-state index contributed by atoms with van der Waals surface area (Å²) in [5.41, 5.74) is 0. The van der Waals surface area contributed by atoms with E-state index in [0.717, 1.165) is 6.21 Å². The van der Waals surface area contributed by atoms with Gasteiger partial charge in [-0.15, -0.1) is 0 Å². The molecule has 1 heterocycles. The second-order valence-corrected chi connectivity index (χ2v) is 1.26. The third-order valence-electron chi connectivity index (χ3n) is 0.652. The highest BCUT2D eigenvalue weighted by Gasteiger charge is 2.08. The highest BCUT2D eigenvalue weighted by Crippen LogP contribution is 1.85. The fraction of sp³-hybridized carbons (Fsp3) is 0.250. The molecule has 0 saturated carbocycles. The van der Waals surface area contributed by atoms with Crippen molar-refractivity contribution in [2.75, 3.05) is 6.61 Å². The van der Waals surface area contributed by atoms with Gasteiger partial charge in [0, 0.05) is 0 Å². The van der Waals surface area contributed by atoms with Gasteiger partial charge < -0.3 is 4.74 Å². The first kappa shape index (κ1) is 4.96. The van der Waals surface area contributed by atoms with E-state index in [2.05, 4.69) is 9.73 Å². The molecule has 0 aliphatic carbocycles. The van der Waals surface area contributed by atoms with E-state index in [1.165, 1.54) is 0 Å². The molecule has 0 fully saturated rings. The maximum atomic E-state index is 10.1. The zero-order valence-electron chi connectivity index (χ0n) is 3.96. The zero-order valence-corrected chi connectivity index (χ0v) is 3.96. The van der Waals surface area contributed by atoms with Crippen LogP contribution < -0.4 is 0 Å². The largest absolute Gasteiger partial charge is 0.451 e. The van der Waals surface area contributed by atoms with Gasteiger partial charge in [0.1, 0.15) is 6.21 Å². The van der Waals surface area contributed by atoms with Gasteiger partial charge in [0.05, 0.1) is 0 Å². The molecule has 0 N–H and O–H groups in total. The molecule has 0 radical (unpaired) electrons. The number of nitrogens with zero attached hydrogens (tertiary/aromatic N) is 1. The molecule has 0 saturated heterocycles.